The van der Waals surface area contributed by atoms with Gasteiger partial charge < -0.3 is 4.74 Å². The van der Waals surface area contributed by atoms with Gasteiger partial charge in [-0.15, -0.1) is 0 Å². The number of rotatable bonds is 0. The van der Waals surface area contributed by atoms with Crippen molar-refractivity contribution in [2.75, 3.05) is 13.2 Å². The van der Waals surface area contributed by atoms with Gasteiger partial charge in [0.1, 0.15) is 0 Å². The second-order valence-electron chi connectivity index (χ2n) is 1.67. The molecular weight excluding hydrogens is 83.0 g/mol. The molecule has 0 unspecified atom stereocenters. The van der Waals surface area contributed by atoms with Crippen LogP contribution in [-0.2, 0) is 4.74 Å². The van der Waals surface area contributed by atoms with E-state index in [0.29, 0.717) is 0 Å². The molecule has 1 aliphatic heterocycles. The Balaban J connectivity index is 0.000000360. The summed E-state index contributed by atoms with van der Waals surface area (Å²) in [6.45, 7) is 2.00. The zero-order chi connectivity index (χ0) is 4.24. The van der Waals surface area contributed by atoms with Crippen LogP contribution in [0.3, 0.4) is 0 Å². The van der Waals surface area contributed by atoms with Gasteiger partial charge in [-0.2, -0.15) is 0 Å². The van der Waals surface area contributed by atoms with E-state index in [2.05, 4.69) is 0 Å². The van der Waals surface area contributed by atoms with Crippen molar-refractivity contribution >= 4 is 18.9 Å². The van der Waals surface area contributed by atoms with Gasteiger partial charge in [0.15, 0.2) is 0 Å². The van der Waals surface area contributed by atoms with Gasteiger partial charge in [0.2, 0.25) is 0 Å². The second kappa shape index (κ2) is 4.71. The van der Waals surface area contributed by atoms with Crippen LogP contribution in [0.4, 0.5) is 0 Å². The molecule has 0 bridgehead atoms. The predicted octanol–water partition coefficient (Wildman–Crippen LogP) is 0.538. The number of hydrogen-bond donors (Lipinski definition) is 0. The van der Waals surface area contributed by atoms with E-state index in [9.17, 15) is 0 Å². The third-order valence-electron chi connectivity index (χ3n) is 1.08. The average molecular weight is 94.1 g/mol. The van der Waals surface area contributed by atoms with Crippen LogP contribution in [0.15, 0.2) is 0 Å². The summed E-state index contributed by atoms with van der Waals surface area (Å²) in [5.41, 5.74) is 0. The molecule has 0 aromatic heterocycles. The number of hydrogen-bond acceptors (Lipinski definition) is 1. The maximum absolute atomic E-state index is 5.07. The Morgan fingerprint density at radius 2 is 1.43 bits per heavy atom. The summed E-state index contributed by atoms with van der Waals surface area (Å²) in [5.74, 6) is 0. The van der Waals surface area contributed by atoms with Crippen LogP contribution in [0.1, 0.15) is 19.3 Å². The Labute approximate surface area is 56.6 Å². The third-order valence-corrected chi connectivity index (χ3v) is 1.08. The first-order chi connectivity index (χ1) is 3.00. The molecule has 1 saturated heterocycles. The Morgan fingerprint density at radius 3 is 1.57 bits per heavy atom. The van der Waals surface area contributed by atoms with Gasteiger partial charge in [0.05, 0.1) is 0 Å². The monoisotopic (exact) mass is 94.1 g/mol. The molecule has 1 heterocycles. The van der Waals surface area contributed by atoms with E-state index in [1.54, 1.807) is 0 Å². The van der Waals surface area contributed by atoms with Crippen LogP contribution in [0.5, 0.6) is 0 Å². The van der Waals surface area contributed by atoms with E-state index in [4.69, 9.17) is 4.74 Å². The molecule has 2 heteroatoms. The molecule has 0 atom stereocenters. The third kappa shape index (κ3) is 3.17. The minimum atomic E-state index is 0. The van der Waals surface area contributed by atoms with Crippen molar-refractivity contribution in [3.8, 4) is 0 Å². The molecule has 0 spiro atoms. The first kappa shape index (κ1) is 7.56. The van der Waals surface area contributed by atoms with Gasteiger partial charge in [0.25, 0.3) is 0 Å². The Morgan fingerprint density at radius 1 is 0.857 bits per heavy atom. The molecule has 0 aliphatic carbocycles. The van der Waals surface area contributed by atoms with Crippen LogP contribution < -0.4 is 0 Å². The molecule has 0 radical (unpaired) electrons. The predicted molar refractivity (Wildman–Crippen MR) is 31.8 cm³/mol. The van der Waals surface area contributed by atoms with Crippen LogP contribution in [0.25, 0.3) is 0 Å². The van der Waals surface area contributed by atoms with Gasteiger partial charge in [-0.05, 0) is 19.3 Å². The zero-order valence-electron chi connectivity index (χ0n) is 3.94. The molecule has 1 rings (SSSR count). The second-order valence-corrected chi connectivity index (χ2v) is 1.67. The standard InChI is InChI=1S/C5H10O.Li.H/c1-2-4-6-5-3-1;;/h1-5H2;;. The van der Waals surface area contributed by atoms with Gasteiger partial charge in [0, 0.05) is 13.2 Å². The summed E-state index contributed by atoms with van der Waals surface area (Å²) in [4.78, 5) is 0. The number of ether oxygens (including phenoxy) is 1. The van der Waals surface area contributed by atoms with Crippen molar-refractivity contribution in [1.29, 1.82) is 0 Å². The van der Waals surface area contributed by atoms with Crippen LogP contribution in [-0.4, -0.2) is 32.1 Å². The van der Waals surface area contributed by atoms with Crippen LogP contribution in [0, 0.1) is 0 Å². The molecule has 0 N–H and O–H groups in total. The van der Waals surface area contributed by atoms with E-state index < -0.39 is 0 Å². The Kier molecular flexibility index (Phi) is 5.08. The van der Waals surface area contributed by atoms with Crippen molar-refractivity contribution in [2.24, 2.45) is 0 Å². The first-order valence-electron chi connectivity index (χ1n) is 2.58. The zero-order valence-corrected chi connectivity index (χ0v) is 3.94. The van der Waals surface area contributed by atoms with E-state index >= 15 is 0 Å². The van der Waals surface area contributed by atoms with E-state index in [1.807, 2.05) is 0 Å². The van der Waals surface area contributed by atoms with Crippen molar-refractivity contribution in [3.05, 3.63) is 0 Å². The topological polar surface area (TPSA) is 9.23 Å². The molecule has 38 valence electrons. The molecule has 1 fully saturated rings. The van der Waals surface area contributed by atoms with Crippen molar-refractivity contribution in [2.45, 2.75) is 19.3 Å². The fourth-order valence-corrected chi connectivity index (χ4v) is 0.687. The van der Waals surface area contributed by atoms with Gasteiger partial charge in [-0.25, -0.2) is 0 Å². The molecule has 1 aliphatic rings. The van der Waals surface area contributed by atoms with E-state index in [0.717, 1.165) is 13.2 Å². The Hall–Kier alpha value is 0.557. The normalized spacial score (nSPS) is 20.6. The van der Waals surface area contributed by atoms with Crippen molar-refractivity contribution in [1.82, 2.24) is 0 Å². The molecule has 7 heavy (non-hydrogen) atoms. The van der Waals surface area contributed by atoms with Crippen molar-refractivity contribution < 1.29 is 4.74 Å². The molecule has 0 aromatic carbocycles. The fraction of sp³-hybridized carbons (Fsp3) is 1.00. The van der Waals surface area contributed by atoms with Crippen molar-refractivity contribution in [3.63, 3.8) is 0 Å². The minimum absolute atomic E-state index is 0. The SMILES string of the molecule is C1CCOCC1.[LiH]. The van der Waals surface area contributed by atoms with Crippen LogP contribution in [0.2, 0.25) is 0 Å². The quantitative estimate of drug-likeness (QED) is 0.398. The molecular formula is C5H11LiO. The molecule has 0 saturated carbocycles. The van der Waals surface area contributed by atoms with Crippen LogP contribution >= 0.6 is 0 Å². The summed E-state index contributed by atoms with van der Waals surface area (Å²) < 4.78 is 5.07. The van der Waals surface area contributed by atoms with Gasteiger partial charge in [-0.1, -0.05) is 0 Å². The maximum atomic E-state index is 5.07. The fourth-order valence-electron chi connectivity index (χ4n) is 0.687. The summed E-state index contributed by atoms with van der Waals surface area (Å²) >= 11 is 0. The summed E-state index contributed by atoms with van der Waals surface area (Å²) in [6.07, 6.45) is 3.93. The Bertz CT molecular complexity index is 23.6. The van der Waals surface area contributed by atoms with E-state index in [1.165, 1.54) is 19.3 Å². The average Bonchev–Trinajstić information content (AvgIpc) is 1.72. The first-order valence-corrected chi connectivity index (χ1v) is 2.58. The van der Waals surface area contributed by atoms with Gasteiger partial charge in [-0.3, -0.25) is 0 Å². The summed E-state index contributed by atoms with van der Waals surface area (Å²) in [7, 11) is 0. The van der Waals surface area contributed by atoms with Gasteiger partial charge >= 0.3 is 18.9 Å². The summed E-state index contributed by atoms with van der Waals surface area (Å²) in [6, 6.07) is 0. The molecule has 0 aromatic rings. The molecule has 0 amide bonds. The summed E-state index contributed by atoms with van der Waals surface area (Å²) in [5, 5.41) is 0. The van der Waals surface area contributed by atoms with E-state index in [-0.39, 0.29) is 18.9 Å². The molecule has 1 nitrogen and oxygen atoms in total.